The van der Waals surface area contributed by atoms with Gasteiger partial charge in [-0.2, -0.15) is 0 Å². The highest BCUT2D eigenvalue weighted by molar-refractivity contribution is 5.92. The Morgan fingerprint density at radius 1 is 1.21 bits per heavy atom. The van der Waals surface area contributed by atoms with E-state index < -0.39 is 0 Å². The van der Waals surface area contributed by atoms with Crippen molar-refractivity contribution in [3.05, 3.63) is 42.0 Å². The minimum atomic E-state index is 0.0889. The lowest BCUT2D eigenvalue weighted by atomic mass is 10.1. The van der Waals surface area contributed by atoms with Crippen LogP contribution in [-0.2, 0) is 0 Å². The van der Waals surface area contributed by atoms with E-state index in [1.807, 2.05) is 37.3 Å². The third-order valence-electron chi connectivity index (χ3n) is 5.08. The molecule has 7 heteroatoms. The predicted octanol–water partition coefficient (Wildman–Crippen LogP) is 2.45. The Hall–Kier alpha value is -2.90. The lowest BCUT2D eigenvalue weighted by molar-refractivity contribution is 0.254. The number of benzene rings is 2. The standard InChI is InChI=1S/C21H24N4O3/c1-12-3-6-19(27)17(7-12)21-24-18-9-15(28-2)4-5-16(18)20(25-21)23-13-8-14(11-26)22-10-13/h3-7,9,13-14,22,26-27H,8,10-11H2,1-2H3,(H,23,24,25)/t13-,14+/m0/s1. The molecule has 3 aromatic rings. The molecule has 4 N–H and O–H groups in total. The van der Waals surface area contributed by atoms with Gasteiger partial charge in [0.1, 0.15) is 17.3 Å². The van der Waals surface area contributed by atoms with Crippen molar-refractivity contribution < 1.29 is 14.9 Å². The Balaban J connectivity index is 1.81. The van der Waals surface area contributed by atoms with Crippen molar-refractivity contribution in [2.24, 2.45) is 0 Å². The number of aromatic hydroxyl groups is 1. The maximum absolute atomic E-state index is 10.3. The van der Waals surface area contributed by atoms with Gasteiger partial charge in [0.15, 0.2) is 5.82 Å². The van der Waals surface area contributed by atoms with Crippen molar-refractivity contribution in [1.82, 2.24) is 15.3 Å². The Kier molecular flexibility index (Phi) is 5.02. The molecule has 0 saturated carbocycles. The van der Waals surface area contributed by atoms with E-state index in [0.717, 1.165) is 29.4 Å². The summed E-state index contributed by atoms with van der Waals surface area (Å²) in [5.41, 5.74) is 2.34. The zero-order valence-electron chi connectivity index (χ0n) is 15.9. The number of aryl methyl sites for hydroxylation is 1. The number of phenolic OH excluding ortho intramolecular Hbond substituents is 1. The molecule has 7 nitrogen and oxygen atoms in total. The van der Waals surface area contributed by atoms with Crippen molar-refractivity contribution in [3.63, 3.8) is 0 Å². The van der Waals surface area contributed by atoms with Crippen LogP contribution in [0.2, 0.25) is 0 Å². The minimum absolute atomic E-state index is 0.0889. The third kappa shape index (κ3) is 3.58. The van der Waals surface area contributed by atoms with Gasteiger partial charge in [-0.25, -0.2) is 9.97 Å². The number of rotatable bonds is 5. The van der Waals surface area contributed by atoms with Crippen molar-refractivity contribution in [2.75, 3.05) is 25.6 Å². The smallest absolute Gasteiger partial charge is 0.165 e. The maximum Gasteiger partial charge on any atom is 0.165 e. The van der Waals surface area contributed by atoms with Gasteiger partial charge < -0.3 is 25.6 Å². The molecule has 2 heterocycles. The van der Waals surface area contributed by atoms with Crippen LogP contribution in [0.1, 0.15) is 12.0 Å². The van der Waals surface area contributed by atoms with E-state index >= 15 is 0 Å². The molecule has 28 heavy (non-hydrogen) atoms. The number of aromatic nitrogens is 2. The first kappa shape index (κ1) is 18.5. The van der Waals surface area contributed by atoms with Crippen LogP contribution < -0.4 is 15.4 Å². The summed E-state index contributed by atoms with van der Waals surface area (Å²) in [4.78, 5) is 9.41. The molecule has 2 atom stereocenters. The molecule has 1 aromatic heterocycles. The number of hydrogen-bond acceptors (Lipinski definition) is 7. The van der Waals surface area contributed by atoms with Gasteiger partial charge in [0.2, 0.25) is 0 Å². The molecule has 146 valence electrons. The highest BCUT2D eigenvalue weighted by Gasteiger charge is 2.24. The number of aliphatic hydroxyl groups excluding tert-OH is 1. The quantitative estimate of drug-likeness (QED) is 0.539. The van der Waals surface area contributed by atoms with Crippen LogP contribution in [0.25, 0.3) is 22.3 Å². The van der Waals surface area contributed by atoms with Crippen molar-refractivity contribution in [1.29, 1.82) is 0 Å². The molecular formula is C21H24N4O3. The second-order valence-corrected chi connectivity index (χ2v) is 7.16. The average Bonchev–Trinajstić information content (AvgIpc) is 3.16. The lowest BCUT2D eigenvalue weighted by Gasteiger charge is -2.16. The number of phenols is 1. The molecular weight excluding hydrogens is 356 g/mol. The summed E-state index contributed by atoms with van der Waals surface area (Å²) in [6.07, 6.45) is 0.809. The van der Waals surface area contributed by atoms with Gasteiger partial charge in [0, 0.05) is 30.1 Å². The molecule has 0 aliphatic carbocycles. The molecule has 1 aliphatic rings. The van der Waals surface area contributed by atoms with E-state index in [1.165, 1.54) is 0 Å². The average molecular weight is 380 g/mol. The Bertz CT molecular complexity index is 1010. The second-order valence-electron chi connectivity index (χ2n) is 7.16. The summed E-state index contributed by atoms with van der Waals surface area (Å²) in [5.74, 6) is 2.00. The van der Waals surface area contributed by atoms with Crippen LogP contribution in [0.4, 0.5) is 5.82 Å². The number of hydrogen-bond donors (Lipinski definition) is 4. The number of nitrogens with zero attached hydrogens (tertiary/aromatic N) is 2. The first-order valence-electron chi connectivity index (χ1n) is 9.34. The summed E-state index contributed by atoms with van der Waals surface area (Å²) in [6.45, 7) is 2.83. The van der Waals surface area contributed by atoms with Gasteiger partial charge in [0.05, 0.1) is 24.8 Å². The number of methoxy groups -OCH3 is 1. The Morgan fingerprint density at radius 3 is 2.82 bits per heavy atom. The topological polar surface area (TPSA) is 99.5 Å². The Morgan fingerprint density at radius 2 is 2.07 bits per heavy atom. The summed E-state index contributed by atoms with van der Waals surface area (Å²) in [6, 6.07) is 11.3. The van der Waals surface area contributed by atoms with Crippen molar-refractivity contribution in [2.45, 2.75) is 25.4 Å². The van der Waals surface area contributed by atoms with E-state index in [9.17, 15) is 10.2 Å². The van der Waals surface area contributed by atoms with E-state index in [1.54, 1.807) is 13.2 Å². The molecule has 0 spiro atoms. The normalized spacial score (nSPS) is 19.1. The van der Waals surface area contributed by atoms with Crippen molar-refractivity contribution in [3.8, 4) is 22.9 Å². The van der Waals surface area contributed by atoms with E-state index in [4.69, 9.17) is 9.72 Å². The number of anilines is 1. The van der Waals surface area contributed by atoms with E-state index in [0.29, 0.717) is 23.0 Å². The van der Waals surface area contributed by atoms with Gasteiger partial charge in [-0.15, -0.1) is 0 Å². The van der Waals surface area contributed by atoms with Gasteiger partial charge in [-0.05, 0) is 37.6 Å². The zero-order valence-corrected chi connectivity index (χ0v) is 15.9. The first-order chi connectivity index (χ1) is 13.6. The van der Waals surface area contributed by atoms with Crippen LogP contribution in [-0.4, -0.2) is 52.5 Å². The maximum atomic E-state index is 10.3. The van der Waals surface area contributed by atoms with Gasteiger partial charge in [0.25, 0.3) is 0 Å². The van der Waals surface area contributed by atoms with Crippen molar-refractivity contribution >= 4 is 16.7 Å². The molecule has 1 aliphatic heterocycles. The fraction of sp³-hybridized carbons (Fsp3) is 0.333. The van der Waals surface area contributed by atoms with Crippen LogP contribution in [0.15, 0.2) is 36.4 Å². The van der Waals surface area contributed by atoms with E-state index in [-0.39, 0.29) is 24.4 Å². The molecule has 0 unspecified atom stereocenters. The third-order valence-corrected chi connectivity index (χ3v) is 5.08. The highest BCUT2D eigenvalue weighted by Crippen LogP contribution is 2.32. The van der Waals surface area contributed by atoms with Crippen LogP contribution in [0.3, 0.4) is 0 Å². The summed E-state index contributed by atoms with van der Waals surface area (Å²) >= 11 is 0. The molecule has 2 aromatic carbocycles. The zero-order chi connectivity index (χ0) is 19.7. The van der Waals surface area contributed by atoms with Gasteiger partial charge in [-0.3, -0.25) is 0 Å². The molecule has 0 amide bonds. The van der Waals surface area contributed by atoms with E-state index in [2.05, 4.69) is 15.6 Å². The molecule has 1 fully saturated rings. The Labute approximate surface area is 163 Å². The lowest BCUT2D eigenvalue weighted by Crippen LogP contribution is -2.25. The number of nitrogens with one attached hydrogen (secondary N) is 2. The molecule has 0 radical (unpaired) electrons. The fourth-order valence-corrected chi connectivity index (χ4v) is 3.56. The van der Waals surface area contributed by atoms with Gasteiger partial charge in [-0.1, -0.05) is 11.6 Å². The summed E-state index contributed by atoms with van der Waals surface area (Å²) in [7, 11) is 1.62. The monoisotopic (exact) mass is 380 g/mol. The van der Waals surface area contributed by atoms with Crippen LogP contribution in [0, 0.1) is 6.92 Å². The largest absolute Gasteiger partial charge is 0.507 e. The van der Waals surface area contributed by atoms with Gasteiger partial charge >= 0.3 is 0 Å². The number of aliphatic hydroxyl groups is 1. The fourth-order valence-electron chi connectivity index (χ4n) is 3.56. The summed E-state index contributed by atoms with van der Waals surface area (Å²) < 4.78 is 5.34. The minimum Gasteiger partial charge on any atom is -0.507 e. The highest BCUT2D eigenvalue weighted by atomic mass is 16.5. The van der Waals surface area contributed by atoms with Crippen LogP contribution in [0.5, 0.6) is 11.5 Å². The number of ether oxygens (including phenoxy) is 1. The SMILES string of the molecule is COc1ccc2c(N[C@@H]3CN[C@@H](CO)C3)nc(-c3cc(C)ccc3O)nc2c1. The summed E-state index contributed by atoms with van der Waals surface area (Å²) in [5, 5.41) is 27.4. The molecule has 1 saturated heterocycles. The molecule has 0 bridgehead atoms. The number of fused-ring (bicyclic) bond motifs is 1. The van der Waals surface area contributed by atoms with Crippen LogP contribution >= 0.6 is 0 Å². The first-order valence-corrected chi connectivity index (χ1v) is 9.34. The molecule has 4 rings (SSSR count). The predicted molar refractivity (Wildman–Crippen MR) is 109 cm³/mol. The second kappa shape index (κ2) is 7.61.